The summed E-state index contributed by atoms with van der Waals surface area (Å²) in [5, 5.41) is 13.9. The van der Waals surface area contributed by atoms with E-state index in [0.717, 1.165) is 0 Å². The Morgan fingerprint density at radius 3 is 2.48 bits per heavy atom. The van der Waals surface area contributed by atoms with E-state index in [-0.39, 0.29) is 24.1 Å². The molecule has 0 aliphatic carbocycles. The van der Waals surface area contributed by atoms with E-state index in [2.05, 4.69) is 23.3 Å². The minimum absolute atomic E-state index is 0.178. The third-order valence-electron chi connectivity index (χ3n) is 4.02. The summed E-state index contributed by atoms with van der Waals surface area (Å²) in [6, 6.07) is -2.48. The zero-order valence-corrected chi connectivity index (χ0v) is 15.3. The first-order valence-electron chi connectivity index (χ1n) is 8.15. The molecule has 5 N–H and O–H groups in total. The molecular formula is C15H26N4O5S. The van der Waals surface area contributed by atoms with Crippen LogP contribution in [0.15, 0.2) is 0 Å². The van der Waals surface area contributed by atoms with Crippen LogP contribution in [0.25, 0.3) is 0 Å². The molecule has 1 aliphatic heterocycles. The third kappa shape index (κ3) is 5.89. The minimum Gasteiger partial charge on any atom is -0.480 e. The number of carboxylic acid groups (broad SMARTS) is 1. The number of nitrogens with one attached hydrogen (secondary N) is 2. The molecule has 0 aromatic rings. The molecule has 0 aromatic heterocycles. The average molecular weight is 374 g/mol. The van der Waals surface area contributed by atoms with Crippen LogP contribution in [0.5, 0.6) is 0 Å². The number of thiol groups is 1. The lowest BCUT2D eigenvalue weighted by molar-refractivity contribution is -0.143. The van der Waals surface area contributed by atoms with Crippen molar-refractivity contribution in [3.8, 4) is 0 Å². The predicted molar refractivity (Wildman–Crippen MR) is 94.0 cm³/mol. The Kier molecular flexibility index (Phi) is 8.17. The van der Waals surface area contributed by atoms with E-state index >= 15 is 0 Å². The first-order chi connectivity index (χ1) is 11.7. The van der Waals surface area contributed by atoms with E-state index in [1.54, 1.807) is 13.8 Å². The van der Waals surface area contributed by atoms with Gasteiger partial charge in [-0.15, -0.1) is 0 Å². The van der Waals surface area contributed by atoms with Crippen molar-refractivity contribution < 1.29 is 24.3 Å². The van der Waals surface area contributed by atoms with Gasteiger partial charge in [-0.1, -0.05) is 13.8 Å². The molecule has 142 valence electrons. The summed E-state index contributed by atoms with van der Waals surface area (Å²) >= 11 is 3.99. The first-order valence-corrected chi connectivity index (χ1v) is 8.79. The standard InChI is InChI=1S/C15H26N4O5S/c1-8(2)12(15(23)24)18-11(20)6-17-13(21)10-4-3-5-19(10)14(22)9(16)7-25/h8-10,12,25H,3-7,16H2,1-2H3,(H,17,21)(H,18,20)(H,23,24). The highest BCUT2D eigenvalue weighted by molar-refractivity contribution is 7.80. The summed E-state index contributed by atoms with van der Waals surface area (Å²) in [5.41, 5.74) is 5.67. The summed E-state index contributed by atoms with van der Waals surface area (Å²) in [6.07, 6.45) is 1.16. The van der Waals surface area contributed by atoms with Crippen molar-refractivity contribution in [2.75, 3.05) is 18.8 Å². The number of hydrogen-bond acceptors (Lipinski definition) is 6. The van der Waals surface area contributed by atoms with Gasteiger partial charge in [0, 0.05) is 12.3 Å². The van der Waals surface area contributed by atoms with Gasteiger partial charge in [0.15, 0.2) is 0 Å². The monoisotopic (exact) mass is 374 g/mol. The zero-order valence-electron chi connectivity index (χ0n) is 14.4. The van der Waals surface area contributed by atoms with Gasteiger partial charge in [-0.3, -0.25) is 14.4 Å². The predicted octanol–water partition coefficient (Wildman–Crippen LogP) is -1.42. The van der Waals surface area contributed by atoms with Crippen molar-refractivity contribution in [3.05, 3.63) is 0 Å². The molecule has 3 amide bonds. The molecule has 0 aromatic carbocycles. The average Bonchev–Trinajstić information content (AvgIpc) is 3.05. The largest absolute Gasteiger partial charge is 0.480 e. The number of nitrogens with two attached hydrogens (primary N) is 1. The number of carbonyl (C=O) groups excluding carboxylic acids is 3. The highest BCUT2D eigenvalue weighted by atomic mass is 32.1. The Morgan fingerprint density at radius 2 is 1.96 bits per heavy atom. The molecule has 9 nitrogen and oxygen atoms in total. The van der Waals surface area contributed by atoms with E-state index in [1.807, 2.05) is 0 Å². The maximum absolute atomic E-state index is 12.3. The summed E-state index contributed by atoms with van der Waals surface area (Å²) in [5.74, 6) is -2.65. The summed E-state index contributed by atoms with van der Waals surface area (Å²) in [6.45, 7) is 3.42. The number of nitrogens with zero attached hydrogens (tertiary/aromatic N) is 1. The van der Waals surface area contributed by atoms with Crippen LogP contribution in [0.3, 0.4) is 0 Å². The molecule has 1 aliphatic rings. The topological polar surface area (TPSA) is 142 Å². The Morgan fingerprint density at radius 1 is 1.32 bits per heavy atom. The Bertz CT molecular complexity index is 528. The van der Waals surface area contributed by atoms with Gasteiger partial charge < -0.3 is 26.4 Å². The fourth-order valence-corrected chi connectivity index (χ4v) is 2.77. The van der Waals surface area contributed by atoms with Crippen LogP contribution in [0.1, 0.15) is 26.7 Å². The van der Waals surface area contributed by atoms with Crippen molar-refractivity contribution in [2.24, 2.45) is 11.7 Å². The highest BCUT2D eigenvalue weighted by Crippen LogP contribution is 2.18. The molecule has 0 saturated carbocycles. The van der Waals surface area contributed by atoms with E-state index in [0.29, 0.717) is 19.4 Å². The van der Waals surface area contributed by atoms with Gasteiger partial charge in [0.05, 0.1) is 12.6 Å². The van der Waals surface area contributed by atoms with Crippen molar-refractivity contribution in [1.82, 2.24) is 15.5 Å². The number of likely N-dealkylation sites (tertiary alicyclic amines) is 1. The van der Waals surface area contributed by atoms with Gasteiger partial charge in [-0.2, -0.15) is 12.6 Å². The fraction of sp³-hybridized carbons (Fsp3) is 0.733. The van der Waals surface area contributed by atoms with Gasteiger partial charge >= 0.3 is 5.97 Å². The van der Waals surface area contributed by atoms with Crippen LogP contribution in [0.4, 0.5) is 0 Å². The second kappa shape index (κ2) is 9.62. The number of carbonyl (C=O) groups is 4. The molecule has 1 saturated heterocycles. The van der Waals surface area contributed by atoms with E-state index in [1.165, 1.54) is 4.90 Å². The van der Waals surface area contributed by atoms with Crippen LogP contribution in [-0.2, 0) is 19.2 Å². The SMILES string of the molecule is CC(C)C(NC(=O)CNC(=O)C1CCCN1C(=O)C(N)CS)C(=O)O. The molecule has 0 radical (unpaired) electrons. The van der Waals surface area contributed by atoms with Gasteiger partial charge in [-0.05, 0) is 18.8 Å². The Hall–Kier alpha value is -1.81. The van der Waals surface area contributed by atoms with Crippen molar-refractivity contribution in [2.45, 2.75) is 44.8 Å². The van der Waals surface area contributed by atoms with E-state index in [4.69, 9.17) is 10.8 Å². The van der Waals surface area contributed by atoms with Gasteiger partial charge in [0.25, 0.3) is 0 Å². The number of rotatable bonds is 8. The maximum atomic E-state index is 12.3. The molecule has 1 rings (SSSR count). The van der Waals surface area contributed by atoms with E-state index < -0.39 is 35.9 Å². The second-order valence-corrected chi connectivity index (χ2v) is 6.69. The molecule has 1 heterocycles. The maximum Gasteiger partial charge on any atom is 0.326 e. The van der Waals surface area contributed by atoms with Crippen molar-refractivity contribution >= 4 is 36.3 Å². The summed E-state index contributed by atoms with van der Waals surface area (Å²) < 4.78 is 0. The first kappa shape index (κ1) is 21.2. The Balaban J connectivity index is 2.56. The Labute approximate surface area is 152 Å². The van der Waals surface area contributed by atoms with Gasteiger partial charge in [0.1, 0.15) is 12.1 Å². The third-order valence-corrected chi connectivity index (χ3v) is 4.42. The highest BCUT2D eigenvalue weighted by Gasteiger charge is 2.36. The van der Waals surface area contributed by atoms with Crippen molar-refractivity contribution in [3.63, 3.8) is 0 Å². The molecule has 10 heteroatoms. The fourth-order valence-electron chi connectivity index (χ4n) is 2.62. The summed E-state index contributed by atoms with van der Waals surface area (Å²) in [7, 11) is 0. The molecule has 3 atom stereocenters. The lowest BCUT2D eigenvalue weighted by Gasteiger charge is -2.26. The zero-order chi connectivity index (χ0) is 19.1. The quantitative estimate of drug-likeness (QED) is 0.330. The molecule has 0 bridgehead atoms. The smallest absolute Gasteiger partial charge is 0.326 e. The van der Waals surface area contributed by atoms with Crippen molar-refractivity contribution in [1.29, 1.82) is 0 Å². The van der Waals surface area contributed by atoms with Crippen LogP contribution >= 0.6 is 12.6 Å². The lowest BCUT2D eigenvalue weighted by Crippen LogP contribution is -2.53. The number of amides is 3. The second-order valence-electron chi connectivity index (χ2n) is 6.32. The van der Waals surface area contributed by atoms with Crippen LogP contribution in [0.2, 0.25) is 0 Å². The van der Waals surface area contributed by atoms with Gasteiger partial charge in [0.2, 0.25) is 17.7 Å². The number of carboxylic acids is 1. The van der Waals surface area contributed by atoms with Crippen LogP contribution in [0, 0.1) is 5.92 Å². The summed E-state index contributed by atoms with van der Waals surface area (Å²) in [4.78, 5) is 48.7. The van der Waals surface area contributed by atoms with Crippen LogP contribution in [-0.4, -0.2) is 70.7 Å². The van der Waals surface area contributed by atoms with Crippen LogP contribution < -0.4 is 16.4 Å². The molecule has 1 fully saturated rings. The lowest BCUT2D eigenvalue weighted by atomic mass is 10.1. The number of hydrogen-bond donors (Lipinski definition) is 5. The minimum atomic E-state index is -1.14. The number of aliphatic carboxylic acids is 1. The van der Waals surface area contributed by atoms with E-state index in [9.17, 15) is 19.2 Å². The molecular weight excluding hydrogens is 348 g/mol. The molecule has 3 unspecified atom stereocenters. The molecule has 0 spiro atoms. The molecule has 25 heavy (non-hydrogen) atoms. The normalized spacial score (nSPS) is 19.4. The van der Waals surface area contributed by atoms with Gasteiger partial charge in [-0.25, -0.2) is 4.79 Å².